The number of aromatic hydroxyl groups is 1. The minimum atomic E-state index is -2.84. The Bertz CT molecular complexity index is 1120. The van der Waals surface area contributed by atoms with Crippen LogP contribution in [0.5, 0.6) is 5.75 Å². The molecule has 1 aromatic carbocycles. The summed E-state index contributed by atoms with van der Waals surface area (Å²) in [4.78, 5) is 6.12. The van der Waals surface area contributed by atoms with Crippen LogP contribution in [0, 0.1) is 0 Å². The van der Waals surface area contributed by atoms with E-state index < -0.39 is 18.0 Å². The third-order valence-corrected chi connectivity index (χ3v) is 6.82. The molecule has 0 spiro atoms. The van der Waals surface area contributed by atoms with Crippen molar-refractivity contribution in [2.24, 2.45) is 0 Å². The Morgan fingerprint density at radius 3 is 2.62 bits per heavy atom. The SMILES string of the molecule is Oc1cc(-c2cn[nH]c2)ccc1-c1ncc(N(C2CC2)[C@H]2C[C@H]3CC[C@H](N3)C2(F)F)nn1. The maximum absolute atomic E-state index is 15.2. The van der Waals surface area contributed by atoms with Gasteiger partial charge < -0.3 is 15.3 Å². The van der Waals surface area contributed by atoms with Gasteiger partial charge in [-0.15, -0.1) is 10.2 Å². The number of benzene rings is 1. The predicted molar refractivity (Wildman–Crippen MR) is 113 cm³/mol. The molecule has 3 atom stereocenters. The molecular weight excluding hydrogens is 416 g/mol. The van der Waals surface area contributed by atoms with Crippen molar-refractivity contribution in [1.29, 1.82) is 0 Å². The van der Waals surface area contributed by atoms with Gasteiger partial charge in [-0.25, -0.2) is 13.8 Å². The molecule has 3 N–H and O–H groups in total. The Balaban J connectivity index is 1.29. The van der Waals surface area contributed by atoms with Gasteiger partial charge in [-0.3, -0.25) is 5.10 Å². The van der Waals surface area contributed by atoms with Crippen LogP contribution in [0.3, 0.4) is 0 Å². The van der Waals surface area contributed by atoms with E-state index in [-0.39, 0.29) is 23.7 Å². The molecule has 2 aromatic heterocycles. The van der Waals surface area contributed by atoms with Crippen molar-refractivity contribution in [2.45, 2.75) is 62.2 Å². The van der Waals surface area contributed by atoms with E-state index in [0.717, 1.165) is 30.4 Å². The Hall–Kier alpha value is -3.14. The molecule has 32 heavy (non-hydrogen) atoms. The predicted octanol–water partition coefficient (Wildman–Crippen LogP) is 3.13. The molecule has 166 valence electrons. The van der Waals surface area contributed by atoms with Crippen molar-refractivity contribution >= 4 is 5.82 Å². The molecule has 3 aromatic rings. The number of anilines is 1. The van der Waals surface area contributed by atoms with Crippen LogP contribution in [-0.4, -0.2) is 60.6 Å². The molecule has 4 heterocycles. The van der Waals surface area contributed by atoms with Crippen LogP contribution in [0.4, 0.5) is 14.6 Å². The maximum Gasteiger partial charge on any atom is 0.283 e. The first-order valence-electron chi connectivity index (χ1n) is 10.9. The summed E-state index contributed by atoms with van der Waals surface area (Å²) in [6.07, 6.45) is 8.32. The summed E-state index contributed by atoms with van der Waals surface area (Å²) < 4.78 is 30.4. The van der Waals surface area contributed by atoms with Gasteiger partial charge in [0.25, 0.3) is 5.92 Å². The summed E-state index contributed by atoms with van der Waals surface area (Å²) in [5.74, 6) is -2.20. The van der Waals surface area contributed by atoms with Crippen LogP contribution in [-0.2, 0) is 0 Å². The second-order valence-electron chi connectivity index (χ2n) is 8.92. The first-order valence-corrected chi connectivity index (χ1v) is 10.9. The van der Waals surface area contributed by atoms with Crippen LogP contribution < -0.4 is 10.2 Å². The highest BCUT2D eigenvalue weighted by atomic mass is 19.3. The molecule has 3 fully saturated rings. The number of fused-ring (bicyclic) bond motifs is 2. The molecule has 0 amide bonds. The van der Waals surface area contributed by atoms with Gasteiger partial charge in [0.2, 0.25) is 0 Å². The number of nitrogens with zero attached hydrogens (tertiary/aromatic N) is 5. The molecular formula is C22H23F2N7O. The van der Waals surface area contributed by atoms with Gasteiger partial charge in [-0.1, -0.05) is 6.07 Å². The number of rotatable bonds is 5. The van der Waals surface area contributed by atoms with Gasteiger partial charge >= 0.3 is 0 Å². The monoisotopic (exact) mass is 439 g/mol. The Kier molecular flexibility index (Phi) is 4.39. The largest absolute Gasteiger partial charge is 0.507 e. The lowest BCUT2D eigenvalue weighted by Gasteiger charge is -2.43. The molecule has 3 aliphatic rings. The molecule has 6 rings (SSSR count). The van der Waals surface area contributed by atoms with E-state index >= 15 is 8.78 Å². The third-order valence-electron chi connectivity index (χ3n) is 6.82. The smallest absolute Gasteiger partial charge is 0.283 e. The summed E-state index contributed by atoms with van der Waals surface area (Å²) >= 11 is 0. The Morgan fingerprint density at radius 2 is 1.94 bits per heavy atom. The fourth-order valence-corrected chi connectivity index (χ4v) is 5.04. The van der Waals surface area contributed by atoms with Crippen molar-refractivity contribution in [3.63, 3.8) is 0 Å². The number of nitrogens with one attached hydrogen (secondary N) is 2. The molecule has 1 aliphatic carbocycles. The van der Waals surface area contributed by atoms with Gasteiger partial charge in [-0.2, -0.15) is 5.10 Å². The molecule has 8 nitrogen and oxygen atoms in total. The lowest BCUT2D eigenvalue weighted by molar-refractivity contribution is -0.0743. The van der Waals surface area contributed by atoms with Gasteiger partial charge in [0, 0.05) is 23.8 Å². The zero-order valence-electron chi connectivity index (χ0n) is 17.2. The molecule has 2 aliphatic heterocycles. The lowest BCUT2D eigenvalue weighted by atomic mass is 9.93. The highest BCUT2D eigenvalue weighted by molar-refractivity contribution is 5.72. The number of aromatic amines is 1. The van der Waals surface area contributed by atoms with E-state index in [0.29, 0.717) is 24.2 Å². The highest BCUT2D eigenvalue weighted by Crippen LogP contribution is 2.45. The Labute approximate surface area is 183 Å². The van der Waals surface area contributed by atoms with Gasteiger partial charge in [0.05, 0.1) is 30.0 Å². The summed E-state index contributed by atoms with van der Waals surface area (Å²) in [7, 11) is 0. The molecule has 2 bridgehead atoms. The second-order valence-corrected chi connectivity index (χ2v) is 8.92. The van der Waals surface area contributed by atoms with E-state index in [1.165, 1.54) is 6.20 Å². The van der Waals surface area contributed by atoms with Gasteiger partial charge in [-0.05, 0) is 49.8 Å². The number of hydrogen-bond acceptors (Lipinski definition) is 7. The summed E-state index contributed by atoms with van der Waals surface area (Å²) in [5.41, 5.74) is 2.07. The van der Waals surface area contributed by atoms with E-state index in [9.17, 15) is 5.11 Å². The molecule has 10 heteroatoms. The van der Waals surface area contributed by atoms with Crippen LogP contribution in [0.2, 0.25) is 0 Å². The van der Waals surface area contributed by atoms with Gasteiger partial charge in [0.15, 0.2) is 11.6 Å². The van der Waals surface area contributed by atoms with Crippen LogP contribution >= 0.6 is 0 Å². The molecule has 0 radical (unpaired) electrons. The summed E-state index contributed by atoms with van der Waals surface area (Å²) in [6, 6.07) is 3.64. The first kappa shape index (κ1) is 19.5. The average Bonchev–Trinajstić information content (AvgIpc) is 3.29. The fourth-order valence-electron chi connectivity index (χ4n) is 5.04. The van der Waals surface area contributed by atoms with Crippen molar-refractivity contribution in [3.8, 4) is 28.3 Å². The number of halogens is 2. The van der Waals surface area contributed by atoms with Gasteiger partial charge in [0.1, 0.15) is 5.75 Å². The normalized spacial score (nSPS) is 26.2. The molecule has 1 saturated carbocycles. The van der Waals surface area contributed by atoms with Crippen LogP contribution in [0.15, 0.2) is 36.8 Å². The van der Waals surface area contributed by atoms with E-state index in [1.54, 1.807) is 29.4 Å². The van der Waals surface area contributed by atoms with E-state index in [2.05, 4.69) is 30.7 Å². The number of phenols is 1. The number of piperidine rings is 1. The number of phenolic OH excluding ortho intramolecular Hbond substituents is 1. The molecule has 0 unspecified atom stereocenters. The summed E-state index contributed by atoms with van der Waals surface area (Å²) in [6.45, 7) is 0. The van der Waals surface area contributed by atoms with Crippen molar-refractivity contribution < 1.29 is 13.9 Å². The quantitative estimate of drug-likeness (QED) is 0.561. The molecule has 2 saturated heterocycles. The topological polar surface area (TPSA) is 103 Å². The minimum absolute atomic E-state index is 0.0127. The van der Waals surface area contributed by atoms with Crippen LogP contribution in [0.1, 0.15) is 32.1 Å². The fraction of sp³-hybridized carbons (Fsp3) is 0.455. The standard InChI is InChI=1S/C22H23F2N7O/c23-22(24)18-6-2-14(28-18)8-19(22)31(15-3-4-15)20-11-25-21(30-29-20)16-5-1-12(7-17(16)32)13-9-26-27-10-13/h1,5,7,9-11,14-15,18-19,28,32H,2-4,6,8H2,(H,26,27)/t14-,18+,19+/m1/s1. The van der Waals surface area contributed by atoms with E-state index in [4.69, 9.17) is 0 Å². The van der Waals surface area contributed by atoms with E-state index in [1.807, 2.05) is 6.07 Å². The second kappa shape index (κ2) is 7.19. The third kappa shape index (κ3) is 3.21. The first-order chi connectivity index (χ1) is 15.5. The van der Waals surface area contributed by atoms with Crippen molar-refractivity contribution in [2.75, 3.05) is 4.90 Å². The zero-order chi connectivity index (χ0) is 21.9. The Morgan fingerprint density at radius 1 is 1.06 bits per heavy atom. The minimum Gasteiger partial charge on any atom is -0.507 e. The number of aromatic nitrogens is 5. The van der Waals surface area contributed by atoms with Crippen LogP contribution in [0.25, 0.3) is 22.5 Å². The maximum atomic E-state index is 15.2. The number of H-pyrrole nitrogens is 1. The zero-order valence-corrected chi connectivity index (χ0v) is 17.2. The highest BCUT2D eigenvalue weighted by Gasteiger charge is 2.58. The lowest BCUT2D eigenvalue weighted by Crippen LogP contribution is -2.63. The van der Waals surface area contributed by atoms with Crippen molar-refractivity contribution in [3.05, 3.63) is 36.8 Å². The number of alkyl halides is 2. The average molecular weight is 439 g/mol. The number of hydrogen-bond donors (Lipinski definition) is 3. The van der Waals surface area contributed by atoms with Crippen molar-refractivity contribution in [1.82, 2.24) is 30.7 Å². The summed E-state index contributed by atoms with van der Waals surface area (Å²) in [5, 5.41) is 28.7.